The maximum Gasteiger partial charge on any atom is 0.418 e. The first-order valence-electron chi connectivity index (χ1n) is 19.5. The molecule has 0 fully saturated rings. The number of hydrogen-bond donors (Lipinski definition) is 0. The smallest absolute Gasteiger partial charge is 0.418 e. The van der Waals surface area contributed by atoms with Crippen LogP contribution in [0.5, 0.6) is 46.5 Å². The molecule has 14 nitrogen and oxygen atoms in total. The third-order valence-electron chi connectivity index (χ3n) is 9.82. The van der Waals surface area contributed by atoms with Crippen LogP contribution >= 0.6 is 0 Å². The molecule has 0 saturated heterocycles. The van der Waals surface area contributed by atoms with Gasteiger partial charge in [0.15, 0.2) is 0 Å². The topological polar surface area (TPSA) is 166 Å². The van der Waals surface area contributed by atoms with E-state index >= 15 is 0 Å². The minimum absolute atomic E-state index is 0.0215. The fourth-order valence-corrected chi connectivity index (χ4v) is 6.91. The highest BCUT2D eigenvalue weighted by molar-refractivity contribution is 6.20. The summed E-state index contributed by atoms with van der Waals surface area (Å²) < 4.78 is 111. The maximum atomic E-state index is 14.7. The molecule has 20 heteroatoms. The lowest BCUT2D eigenvalue weighted by Crippen LogP contribution is -2.13. The molecule has 0 bridgehead atoms. The first-order chi connectivity index (χ1) is 31.9. The summed E-state index contributed by atoms with van der Waals surface area (Å²) >= 11 is 0. The molecule has 0 aliphatic carbocycles. The van der Waals surface area contributed by atoms with Gasteiger partial charge in [-0.2, -0.15) is 46.3 Å². The van der Waals surface area contributed by atoms with Gasteiger partial charge in [0, 0.05) is 0 Å². The van der Waals surface area contributed by atoms with Crippen molar-refractivity contribution >= 4 is 66.7 Å². The normalized spacial score (nSPS) is 12.1. The highest BCUT2D eigenvalue weighted by atomic mass is 19.4. The van der Waals surface area contributed by atoms with Gasteiger partial charge in [-0.15, -0.1) is 0 Å². The second-order valence-corrected chi connectivity index (χ2v) is 14.3. The average molecular weight is 893 g/mol. The zero-order valence-corrected chi connectivity index (χ0v) is 33.1. The van der Waals surface area contributed by atoms with Crippen molar-refractivity contribution in [3.05, 3.63) is 145 Å². The lowest BCUT2D eigenvalue weighted by Gasteiger charge is -2.16. The number of fused-ring (bicyclic) bond motifs is 9. The van der Waals surface area contributed by atoms with Crippen LogP contribution in [0, 0.1) is 0 Å². The molecule has 0 amide bonds. The monoisotopic (exact) mass is 892 g/mol. The number of rotatable bonds is 8. The van der Waals surface area contributed by atoms with E-state index in [1.807, 2.05) is 0 Å². The Bertz CT molecular complexity index is 3690. The van der Waals surface area contributed by atoms with Crippen LogP contribution < -0.4 is 18.9 Å². The second kappa shape index (κ2) is 15.4. The van der Waals surface area contributed by atoms with E-state index in [2.05, 4.69) is 29.9 Å². The van der Waals surface area contributed by atoms with Gasteiger partial charge >= 0.3 is 12.4 Å². The van der Waals surface area contributed by atoms with Gasteiger partial charge in [0.1, 0.15) is 61.6 Å². The SMILES string of the molecule is FC(F)(F)c1cc(C(F)(F)F)c2nc3c(nc2c1)c1nc2nc(Oc4ccccc4)c(Oc4ccccc4)nc2nc1c1nc2nc(Oc4ccccc4)c(Oc4ccccc4)nc2nc13. The highest BCUT2D eigenvalue weighted by Gasteiger charge is 2.39. The van der Waals surface area contributed by atoms with Crippen molar-refractivity contribution in [2.75, 3.05) is 0 Å². The van der Waals surface area contributed by atoms with Crippen molar-refractivity contribution in [3.63, 3.8) is 0 Å². The molecule has 0 saturated carbocycles. The van der Waals surface area contributed by atoms with Crippen LogP contribution in [0.15, 0.2) is 133 Å². The minimum atomic E-state index is -5.29. The molecule has 5 heterocycles. The van der Waals surface area contributed by atoms with Gasteiger partial charge in [-0.3, -0.25) is 0 Å². The molecule has 5 aromatic heterocycles. The zero-order chi connectivity index (χ0) is 45.2. The Morgan fingerprint density at radius 3 is 0.909 bits per heavy atom. The Morgan fingerprint density at radius 2 is 0.606 bits per heavy atom. The number of benzene rings is 6. The van der Waals surface area contributed by atoms with Crippen LogP contribution in [0.2, 0.25) is 0 Å². The van der Waals surface area contributed by atoms with Gasteiger partial charge in [-0.25, -0.2) is 29.9 Å². The largest absolute Gasteiger partial charge is 0.435 e. The van der Waals surface area contributed by atoms with Crippen LogP contribution in [0.1, 0.15) is 11.1 Å². The first-order valence-corrected chi connectivity index (χ1v) is 19.5. The molecular weight excluding hydrogens is 871 g/mol. The van der Waals surface area contributed by atoms with Gasteiger partial charge in [-0.05, 0) is 60.7 Å². The van der Waals surface area contributed by atoms with E-state index in [1.165, 1.54) is 0 Å². The molecule has 11 aromatic rings. The number of halogens is 6. The summed E-state index contributed by atoms with van der Waals surface area (Å²) in [7, 11) is 0. The molecule has 0 aliphatic heterocycles. The molecule has 0 radical (unpaired) electrons. The standard InChI is InChI=1S/C46H22F6N10O4/c47-45(48,49)23-21-28(46(50,51)52)30-29(22-23)53-31-32(54-30)34-36(58-40-38(56-34)60-42(64-25-15-7-2-8-16-25)44(62-40)66-27-19-11-4-12-20-27)35-33(31)55-37-39(57-35)61-43(65-26-17-9-3-10-18-26)41(59-37)63-24-13-5-1-6-14-24/h1-22H. The predicted octanol–water partition coefficient (Wildman–Crippen LogP) is 11.8. The molecule has 0 atom stereocenters. The number of alkyl halides is 6. The zero-order valence-electron chi connectivity index (χ0n) is 33.1. The summed E-state index contributed by atoms with van der Waals surface area (Å²) in [6.45, 7) is 0. The lowest BCUT2D eigenvalue weighted by atomic mass is 10.1. The van der Waals surface area contributed by atoms with E-state index in [0.29, 0.717) is 29.1 Å². The molecular formula is C46H22F6N10O4. The van der Waals surface area contributed by atoms with Crippen molar-refractivity contribution in [1.29, 1.82) is 0 Å². The van der Waals surface area contributed by atoms with E-state index in [4.69, 9.17) is 38.9 Å². The summed E-state index contributed by atoms with van der Waals surface area (Å²) in [5, 5.41) is 0. The number of aromatic nitrogens is 10. The summed E-state index contributed by atoms with van der Waals surface area (Å²) in [6, 6.07) is 34.8. The highest BCUT2D eigenvalue weighted by Crippen LogP contribution is 2.42. The van der Waals surface area contributed by atoms with Crippen molar-refractivity contribution in [1.82, 2.24) is 49.8 Å². The van der Waals surface area contributed by atoms with Crippen LogP contribution in [0.25, 0.3) is 66.7 Å². The van der Waals surface area contributed by atoms with Crippen molar-refractivity contribution in [2.45, 2.75) is 12.4 Å². The number of para-hydroxylation sites is 4. The number of ether oxygens (including phenoxy) is 4. The fourth-order valence-electron chi connectivity index (χ4n) is 6.91. The average Bonchev–Trinajstić information content (AvgIpc) is 3.31. The minimum Gasteiger partial charge on any atom is -0.435 e. The van der Waals surface area contributed by atoms with Gasteiger partial charge < -0.3 is 18.9 Å². The van der Waals surface area contributed by atoms with Crippen LogP contribution in [-0.4, -0.2) is 49.8 Å². The lowest BCUT2D eigenvalue weighted by molar-refractivity contribution is -0.142. The molecule has 322 valence electrons. The molecule has 0 aliphatic rings. The third kappa shape index (κ3) is 7.44. The summed E-state index contributed by atoms with van der Waals surface area (Å²) in [5.74, 6) is 0.860. The van der Waals surface area contributed by atoms with Crippen LogP contribution in [0.3, 0.4) is 0 Å². The molecule has 0 spiro atoms. The number of hydrogen-bond acceptors (Lipinski definition) is 14. The number of nitrogens with zero attached hydrogens (tertiary/aromatic N) is 10. The molecule has 66 heavy (non-hydrogen) atoms. The quantitative estimate of drug-likeness (QED) is 0.0803. The Morgan fingerprint density at radius 1 is 0.303 bits per heavy atom. The third-order valence-corrected chi connectivity index (χ3v) is 9.82. The first kappa shape index (κ1) is 39.9. The summed E-state index contributed by atoms with van der Waals surface area (Å²) in [4.78, 5) is 46.0. The van der Waals surface area contributed by atoms with Crippen LogP contribution in [0.4, 0.5) is 26.3 Å². The van der Waals surface area contributed by atoms with E-state index < -0.39 is 34.5 Å². The second-order valence-electron chi connectivity index (χ2n) is 14.3. The molecule has 0 unspecified atom stereocenters. The van der Waals surface area contributed by atoms with Crippen LogP contribution in [-0.2, 0) is 12.4 Å². The predicted molar refractivity (Wildman–Crippen MR) is 225 cm³/mol. The fraction of sp³-hybridized carbons (Fsp3) is 0.0435. The van der Waals surface area contributed by atoms with Gasteiger partial charge in [0.25, 0.3) is 23.5 Å². The Balaban J connectivity index is 1.23. The van der Waals surface area contributed by atoms with Crippen molar-refractivity contribution in [3.8, 4) is 46.5 Å². The Kier molecular flexibility index (Phi) is 9.30. The Labute approximate surface area is 364 Å². The van der Waals surface area contributed by atoms with E-state index in [9.17, 15) is 26.3 Å². The van der Waals surface area contributed by atoms with Gasteiger partial charge in [-0.1, -0.05) is 72.8 Å². The Hall–Kier alpha value is -8.94. The molecule has 6 aromatic carbocycles. The van der Waals surface area contributed by atoms with Gasteiger partial charge in [0.05, 0.1) is 16.6 Å². The molecule has 11 rings (SSSR count). The van der Waals surface area contributed by atoms with E-state index in [-0.39, 0.29) is 85.3 Å². The van der Waals surface area contributed by atoms with Crippen molar-refractivity contribution < 1.29 is 45.3 Å². The summed E-state index contributed by atoms with van der Waals surface area (Å²) in [5.41, 5.74) is -6.82. The summed E-state index contributed by atoms with van der Waals surface area (Å²) in [6.07, 6.45) is -10.5. The molecule has 0 N–H and O–H groups in total. The van der Waals surface area contributed by atoms with Gasteiger partial charge in [0.2, 0.25) is 22.6 Å². The van der Waals surface area contributed by atoms with Crippen molar-refractivity contribution in [2.24, 2.45) is 0 Å². The maximum absolute atomic E-state index is 14.7. The van der Waals surface area contributed by atoms with E-state index in [1.54, 1.807) is 121 Å². The van der Waals surface area contributed by atoms with E-state index in [0.717, 1.165) is 0 Å².